The molecule has 1 nitrogen and oxygen atoms in total. The molecule has 0 spiro atoms. The largest absolute Gasteiger partial charge is 0.338 e. The zero-order chi connectivity index (χ0) is 13.6. The first-order valence-electron chi connectivity index (χ1n) is 6.40. The summed E-state index contributed by atoms with van der Waals surface area (Å²) in [5, 5.41) is 0. The summed E-state index contributed by atoms with van der Waals surface area (Å²) in [4.78, 5) is 0. The quantitative estimate of drug-likeness (QED) is 0.474. The summed E-state index contributed by atoms with van der Waals surface area (Å²) in [7, 11) is -2.56. The van der Waals surface area contributed by atoms with Crippen molar-refractivity contribution in [3.05, 3.63) is 22.3 Å². The van der Waals surface area contributed by atoms with Gasteiger partial charge >= 0.3 is 0 Å². The van der Waals surface area contributed by atoms with Crippen LogP contribution in [0.1, 0.15) is 27.7 Å². The van der Waals surface area contributed by atoms with Crippen molar-refractivity contribution in [3.8, 4) is 0 Å². The van der Waals surface area contributed by atoms with Gasteiger partial charge in [-0.1, -0.05) is 30.8 Å². The molecule has 0 saturated heterocycles. The molecule has 0 saturated carbocycles. The van der Waals surface area contributed by atoms with Crippen molar-refractivity contribution in [2.75, 3.05) is 13.3 Å². The summed E-state index contributed by atoms with van der Waals surface area (Å²) >= 11 is 0. The molecule has 0 aromatic heterocycles. The zero-order valence-electron chi connectivity index (χ0n) is 13.0. The van der Waals surface area contributed by atoms with E-state index in [1.54, 1.807) is 11.1 Å². The summed E-state index contributed by atoms with van der Waals surface area (Å²) in [5.74, 6) is 0. The third-order valence-corrected chi connectivity index (χ3v) is 10.3. The Labute approximate surface area is 109 Å². The molecule has 0 aliphatic heterocycles. The van der Waals surface area contributed by atoms with E-state index in [0.29, 0.717) is 5.66 Å². The molecule has 17 heavy (non-hydrogen) atoms. The summed E-state index contributed by atoms with van der Waals surface area (Å²) in [6.07, 6.45) is 0. The minimum atomic E-state index is -1.33. The van der Waals surface area contributed by atoms with Gasteiger partial charge in [-0.3, -0.25) is 0 Å². The minimum absolute atomic E-state index is 0.620. The molecule has 0 radical (unpaired) electrons. The van der Waals surface area contributed by atoms with Crippen LogP contribution in [-0.4, -0.2) is 27.2 Å². The first kappa shape index (κ1) is 15.0. The number of allylic oxidation sites excluding steroid dienone is 4. The number of hydrogen-bond donors (Lipinski definition) is 0. The molecule has 0 fully saturated rings. The van der Waals surface area contributed by atoms with Crippen molar-refractivity contribution >= 4 is 15.3 Å². The highest BCUT2D eigenvalue weighted by atomic mass is 31.2. The van der Waals surface area contributed by atoms with Crippen LogP contribution in [0.4, 0.5) is 0 Å². The Morgan fingerprint density at radius 3 is 1.53 bits per heavy atom. The van der Waals surface area contributed by atoms with E-state index in [4.69, 9.17) is 4.41 Å². The second kappa shape index (κ2) is 4.55. The molecule has 0 amide bonds. The fourth-order valence-electron chi connectivity index (χ4n) is 3.11. The molecular formula is C14H28NPSi. The highest BCUT2D eigenvalue weighted by molar-refractivity contribution is 7.67. The van der Waals surface area contributed by atoms with Crippen LogP contribution >= 0.6 is 7.05 Å². The van der Waals surface area contributed by atoms with Crippen molar-refractivity contribution in [3.63, 3.8) is 0 Å². The Balaban J connectivity index is 3.34. The molecule has 98 valence electrons. The lowest BCUT2D eigenvalue weighted by Gasteiger charge is -2.29. The Kier molecular flexibility index (Phi) is 4.01. The second-order valence-electron chi connectivity index (χ2n) is 6.77. The zero-order valence-corrected chi connectivity index (χ0v) is 14.9. The first-order chi connectivity index (χ1) is 7.47. The van der Waals surface area contributed by atoms with Crippen molar-refractivity contribution < 1.29 is 0 Å². The van der Waals surface area contributed by atoms with Gasteiger partial charge in [-0.25, -0.2) is 0 Å². The summed E-state index contributed by atoms with van der Waals surface area (Å²) < 4.78 is 5.27. The van der Waals surface area contributed by atoms with Gasteiger partial charge < -0.3 is 4.41 Å². The lowest BCUT2D eigenvalue weighted by molar-refractivity contribution is 1.13. The van der Waals surface area contributed by atoms with Gasteiger partial charge in [0, 0.05) is 5.66 Å². The molecule has 0 aromatic rings. The highest BCUT2D eigenvalue weighted by Gasteiger charge is 2.32. The van der Waals surface area contributed by atoms with Crippen molar-refractivity contribution in [2.24, 2.45) is 4.41 Å². The highest BCUT2D eigenvalue weighted by Crippen LogP contribution is 2.57. The summed E-state index contributed by atoms with van der Waals surface area (Å²) in [6.45, 7) is 21.0. The Morgan fingerprint density at radius 2 is 1.24 bits per heavy atom. The molecule has 0 heterocycles. The Morgan fingerprint density at radius 1 is 0.882 bits per heavy atom. The fraction of sp³-hybridized carbons (Fsp3) is 0.714. The number of hydrogen-bond acceptors (Lipinski definition) is 1. The topological polar surface area (TPSA) is 12.4 Å². The fourth-order valence-corrected chi connectivity index (χ4v) is 12.0. The van der Waals surface area contributed by atoms with Crippen LogP contribution in [0.15, 0.2) is 26.7 Å². The van der Waals surface area contributed by atoms with Crippen molar-refractivity contribution in [1.29, 1.82) is 0 Å². The Hall–Kier alpha value is -0.0731. The summed E-state index contributed by atoms with van der Waals surface area (Å²) in [5.41, 5.74) is 6.77. The first-order valence-corrected chi connectivity index (χ1v) is 12.6. The van der Waals surface area contributed by atoms with E-state index >= 15 is 0 Å². The van der Waals surface area contributed by atoms with Crippen LogP contribution in [-0.2, 0) is 0 Å². The maximum atomic E-state index is 5.27. The SMILES string of the molecule is CC1=C(C)C(P(C)(C)=N[Si](C)(C)C)C(C)=C1C. The maximum absolute atomic E-state index is 5.27. The number of rotatable bonds is 2. The van der Waals surface area contributed by atoms with Gasteiger partial charge in [0.05, 0.1) is 0 Å². The maximum Gasteiger partial charge on any atom is 0.170 e. The van der Waals surface area contributed by atoms with Crippen LogP contribution in [0.2, 0.25) is 19.6 Å². The van der Waals surface area contributed by atoms with Crippen LogP contribution in [0, 0.1) is 0 Å². The van der Waals surface area contributed by atoms with Gasteiger partial charge in [0.2, 0.25) is 0 Å². The summed E-state index contributed by atoms with van der Waals surface area (Å²) in [6, 6.07) is 0. The van der Waals surface area contributed by atoms with Gasteiger partial charge in [0.25, 0.3) is 0 Å². The van der Waals surface area contributed by atoms with E-state index in [0.717, 1.165) is 0 Å². The molecule has 0 N–H and O–H groups in total. The normalized spacial score (nSPS) is 19.4. The van der Waals surface area contributed by atoms with E-state index in [1.807, 2.05) is 0 Å². The van der Waals surface area contributed by atoms with Crippen LogP contribution in [0.25, 0.3) is 0 Å². The molecule has 0 atom stereocenters. The van der Waals surface area contributed by atoms with E-state index in [1.165, 1.54) is 11.1 Å². The molecule has 0 aromatic carbocycles. The minimum Gasteiger partial charge on any atom is -0.338 e. The average Bonchev–Trinajstić information content (AvgIpc) is 2.27. The predicted molar refractivity (Wildman–Crippen MR) is 85.1 cm³/mol. The predicted octanol–water partition coefficient (Wildman–Crippen LogP) is 5.34. The van der Waals surface area contributed by atoms with Crippen LogP contribution < -0.4 is 0 Å². The molecule has 0 bridgehead atoms. The van der Waals surface area contributed by atoms with Gasteiger partial charge in [-0.05, 0) is 59.2 Å². The van der Waals surface area contributed by atoms with Crippen molar-refractivity contribution in [2.45, 2.75) is 53.0 Å². The van der Waals surface area contributed by atoms with E-state index < -0.39 is 15.3 Å². The van der Waals surface area contributed by atoms with Gasteiger partial charge in [0.15, 0.2) is 8.24 Å². The molecular weight excluding hydrogens is 241 g/mol. The van der Waals surface area contributed by atoms with E-state index in [-0.39, 0.29) is 0 Å². The van der Waals surface area contributed by atoms with Crippen LogP contribution in [0.3, 0.4) is 0 Å². The van der Waals surface area contributed by atoms with Gasteiger partial charge in [-0.15, -0.1) is 0 Å². The molecule has 1 aliphatic carbocycles. The third kappa shape index (κ3) is 3.03. The van der Waals surface area contributed by atoms with Gasteiger partial charge in [0.1, 0.15) is 0 Å². The Bertz CT molecular complexity index is 419. The average molecular weight is 269 g/mol. The molecule has 3 heteroatoms. The smallest absolute Gasteiger partial charge is 0.170 e. The standard InChI is InChI=1S/C14H28NPSi/c1-10-11(2)13(4)14(12(10)3)16(5,6)15-17(7,8)9/h14H,1-9H3. The van der Waals surface area contributed by atoms with E-state index in [9.17, 15) is 0 Å². The lowest BCUT2D eigenvalue weighted by Crippen LogP contribution is -2.19. The second-order valence-corrected chi connectivity index (χ2v) is 15.4. The molecule has 1 aliphatic rings. The van der Waals surface area contributed by atoms with Crippen molar-refractivity contribution in [1.82, 2.24) is 0 Å². The van der Waals surface area contributed by atoms with Gasteiger partial charge in [-0.2, -0.15) is 0 Å². The lowest BCUT2D eigenvalue weighted by atomic mass is 10.1. The van der Waals surface area contributed by atoms with E-state index in [2.05, 4.69) is 60.7 Å². The number of nitrogens with zero attached hydrogens (tertiary/aromatic N) is 1. The molecule has 1 rings (SSSR count). The monoisotopic (exact) mass is 269 g/mol. The third-order valence-electron chi connectivity index (χ3n) is 3.76. The molecule has 0 unspecified atom stereocenters. The van der Waals surface area contributed by atoms with Crippen LogP contribution in [0.5, 0.6) is 0 Å².